The lowest BCUT2D eigenvalue weighted by Gasteiger charge is -2.34. The third kappa shape index (κ3) is 5.27. The summed E-state index contributed by atoms with van der Waals surface area (Å²) in [6.07, 6.45) is 2.65. The Kier molecular flexibility index (Phi) is 7.13. The van der Waals surface area contributed by atoms with E-state index in [4.69, 9.17) is 0 Å². The van der Waals surface area contributed by atoms with E-state index in [-0.39, 0.29) is 23.1 Å². The summed E-state index contributed by atoms with van der Waals surface area (Å²) >= 11 is 0. The average molecular weight is 407 g/mol. The number of likely N-dealkylation sites (N-methyl/N-ethyl adjacent to an activating group) is 1. The predicted molar refractivity (Wildman–Crippen MR) is 113 cm³/mol. The van der Waals surface area contributed by atoms with Crippen LogP contribution in [0.5, 0.6) is 0 Å². The van der Waals surface area contributed by atoms with Crippen LogP contribution in [-0.4, -0.2) is 84.2 Å². The SMILES string of the molecule is CN1CCN(CCCNC(=O)[C@H]2CCCN(c3cc(=O)n(C)c(=O)n3C)C2)CC1. The number of piperazine rings is 1. The van der Waals surface area contributed by atoms with Gasteiger partial charge >= 0.3 is 5.69 Å². The largest absolute Gasteiger partial charge is 0.357 e. The van der Waals surface area contributed by atoms with E-state index >= 15 is 0 Å². The van der Waals surface area contributed by atoms with Crippen molar-refractivity contribution in [3.63, 3.8) is 0 Å². The number of hydrogen-bond acceptors (Lipinski definition) is 6. The molecule has 0 unspecified atom stereocenters. The molecule has 0 radical (unpaired) electrons. The summed E-state index contributed by atoms with van der Waals surface area (Å²) in [6, 6.07) is 1.48. The summed E-state index contributed by atoms with van der Waals surface area (Å²) < 4.78 is 2.58. The van der Waals surface area contributed by atoms with Crippen molar-refractivity contribution in [2.75, 3.05) is 64.3 Å². The molecule has 29 heavy (non-hydrogen) atoms. The minimum Gasteiger partial charge on any atom is -0.357 e. The van der Waals surface area contributed by atoms with E-state index in [0.29, 0.717) is 18.9 Å². The van der Waals surface area contributed by atoms with Crippen LogP contribution in [0.4, 0.5) is 5.82 Å². The van der Waals surface area contributed by atoms with E-state index in [0.717, 1.165) is 63.1 Å². The minimum atomic E-state index is -0.344. The number of nitrogens with one attached hydrogen (secondary N) is 1. The van der Waals surface area contributed by atoms with Crippen LogP contribution in [0, 0.1) is 5.92 Å². The van der Waals surface area contributed by atoms with Crippen molar-refractivity contribution in [1.82, 2.24) is 24.3 Å². The van der Waals surface area contributed by atoms with Crippen molar-refractivity contribution < 1.29 is 4.79 Å². The van der Waals surface area contributed by atoms with Crippen molar-refractivity contribution in [2.24, 2.45) is 20.0 Å². The third-order valence-electron chi connectivity index (χ3n) is 6.16. The van der Waals surface area contributed by atoms with Gasteiger partial charge in [0.1, 0.15) is 5.82 Å². The van der Waals surface area contributed by atoms with Gasteiger partial charge in [-0.3, -0.25) is 18.7 Å². The Balaban J connectivity index is 1.50. The fraction of sp³-hybridized carbons (Fsp3) is 0.750. The van der Waals surface area contributed by atoms with Crippen LogP contribution in [0.3, 0.4) is 0 Å². The molecule has 0 aromatic carbocycles. The van der Waals surface area contributed by atoms with Crippen LogP contribution in [0.15, 0.2) is 15.7 Å². The second-order valence-electron chi connectivity index (χ2n) is 8.32. The molecule has 0 saturated carbocycles. The molecule has 2 saturated heterocycles. The molecule has 1 aromatic rings. The molecule has 1 N–H and O–H groups in total. The molecule has 0 aliphatic carbocycles. The second kappa shape index (κ2) is 9.58. The van der Waals surface area contributed by atoms with Gasteiger partial charge < -0.3 is 20.0 Å². The first-order chi connectivity index (χ1) is 13.9. The number of amides is 1. The maximum Gasteiger partial charge on any atom is 0.332 e. The van der Waals surface area contributed by atoms with E-state index in [9.17, 15) is 14.4 Å². The zero-order chi connectivity index (χ0) is 21.0. The number of carbonyl (C=O) groups excluding carboxylic acids is 1. The van der Waals surface area contributed by atoms with Gasteiger partial charge in [0.2, 0.25) is 5.91 Å². The lowest BCUT2D eigenvalue weighted by molar-refractivity contribution is -0.125. The standard InChI is InChI=1S/C20H34N6O3/c1-22-10-12-25(13-11-22)8-5-7-21-19(28)16-6-4-9-26(15-16)17-14-18(27)24(3)20(29)23(17)2/h14,16H,4-13,15H2,1-3H3,(H,21,28)/t16-/m0/s1. The number of anilines is 1. The smallest absolute Gasteiger partial charge is 0.332 e. The van der Waals surface area contributed by atoms with Crippen molar-refractivity contribution in [1.29, 1.82) is 0 Å². The summed E-state index contributed by atoms with van der Waals surface area (Å²) in [5.74, 6) is 0.541. The summed E-state index contributed by atoms with van der Waals surface area (Å²) in [5.41, 5.74) is -0.665. The fourth-order valence-electron chi connectivity index (χ4n) is 4.15. The summed E-state index contributed by atoms with van der Waals surface area (Å²) in [5, 5.41) is 3.08. The molecular weight excluding hydrogens is 372 g/mol. The Hall–Kier alpha value is -2.13. The molecule has 2 aliphatic heterocycles. The van der Waals surface area contributed by atoms with Crippen molar-refractivity contribution in [3.05, 3.63) is 26.9 Å². The molecule has 0 spiro atoms. The fourth-order valence-corrected chi connectivity index (χ4v) is 4.15. The number of hydrogen-bond donors (Lipinski definition) is 1. The van der Waals surface area contributed by atoms with E-state index in [2.05, 4.69) is 22.2 Å². The minimum absolute atomic E-state index is 0.0712. The normalized spacial score (nSPS) is 21.3. The van der Waals surface area contributed by atoms with E-state index in [1.165, 1.54) is 17.7 Å². The van der Waals surface area contributed by atoms with Gasteiger partial charge in [-0.2, -0.15) is 0 Å². The molecule has 0 bridgehead atoms. The Morgan fingerprint density at radius 1 is 1.07 bits per heavy atom. The maximum absolute atomic E-state index is 12.6. The van der Waals surface area contributed by atoms with Crippen LogP contribution in [0.1, 0.15) is 19.3 Å². The maximum atomic E-state index is 12.6. The number of carbonyl (C=O) groups is 1. The van der Waals surface area contributed by atoms with E-state index in [1.54, 1.807) is 7.05 Å². The Labute approximate surface area is 171 Å². The molecule has 9 nitrogen and oxygen atoms in total. The van der Waals surface area contributed by atoms with Crippen LogP contribution in [0.25, 0.3) is 0 Å². The molecule has 2 fully saturated rings. The van der Waals surface area contributed by atoms with Gasteiger partial charge in [-0.15, -0.1) is 0 Å². The predicted octanol–water partition coefficient (Wildman–Crippen LogP) is -0.946. The van der Waals surface area contributed by atoms with Crippen molar-refractivity contribution in [3.8, 4) is 0 Å². The average Bonchev–Trinajstić information content (AvgIpc) is 2.73. The quantitative estimate of drug-likeness (QED) is 0.614. The summed E-state index contributed by atoms with van der Waals surface area (Å²) in [4.78, 5) is 43.7. The Bertz CT molecular complexity index is 824. The van der Waals surface area contributed by atoms with E-state index < -0.39 is 0 Å². The first-order valence-corrected chi connectivity index (χ1v) is 10.6. The first kappa shape index (κ1) is 21.6. The van der Waals surface area contributed by atoms with Crippen molar-refractivity contribution >= 4 is 11.7 Å². The summed E-state index contributed by atoms with van der Waals surface area (Å²) in [6.45, 7) is 7.38. The summed E-state index contributed by atoms with van der Waals surface area (Å²) in [7, 11) is 5.29. The lowest BCUT2D eigenvalue weighted by Crippen LogP contribution is -2.47. The highest BCUT2D eigenvalue weighted by Crippen LogP contribution is 2.21. The molecule has 1 atom stereocenters. The van der Waals surface area contributed by atoms with Gasteiger partial charge in [-0.25, -0.2) is 4.79 Å². The molecular formula is C20H34N6O3. The molecule has 1 amide bonds. The molecule has 3 rings (SSSR count). The van der Waals surface area contributed by atoms with Crippen LogP contribution in [-0.2, 0) is 18.9 Å². The van der Waals surface area contributed by atoms with Crippen molar-refractivity contribution in [2.45, 2.75) is 19.3 Å². The highest BCUT2D eigenvalue weighted by Gasteiger charge is 2.27. The van der Waals surface area contributed by atoms with Crippen LogP contribution < -0.4 is 21.5 Å². The molecule has 3 heterocycles. The topological polar surface area (TPSA) is 82.8 Å². The van der Waals surface area contributed by atoms with Gasteiger partial charge in [0, 0.05) is 66.0 Å². The zero-order valence-corrected chi connectivity index (χ0v) is 17.9. The zero-order valence-electron chi connectivity index (χ0n) is 17.9. The molecule has 9 heteroatoms. The number of aromatic nitrogens is 2. The number of nitrogens with zero attached hydrogens (tertiary/aromatic N) is 5. The van der Waals surface area contributed by atoms with Gasteiger partial charge in [-0.1, -0.05) is 0 Å². The highest BCUT2D eigenvalue weighted by molar-refractivity contribution is 5.79. The molecule has 2 aliphatic rings. The van der Waals surface area contributed by atoms with Crippen LogP contribution >= 0.6 is 0 Å². The highest BCUT2D eigenvalue weighted by atomic mass is 16.2. The third-order valence-corrected chi connectivity index (χ3v) is 6.16. The Morgan fingerprint density at radius 3 is 2.52 bits per heavy atom. The number of rotatable bonds is 6. The second-order valence-corrected chi connectivity index (χ2v) is 8.32. The molecule has 162 valence electrons. The first-order valence-electron chi connectivity index (χ1n) is 10.6. The monoisotopic (exact) mass is 406 g/mol. The van der Waals surface area contributed by atoms with Crippen LogP contribution in [0.2, 0.25) is 0 Å². The van der Waals surface area contributed by atoms with Gasteiger partial charge in [-0.05, 0) is 32.9 Å². The lowest BCUT2D eigenvalue weighted by atomic mass is 9.97. The van der Waals surface area contributed by atoms with Gasteiger partial charge in [0.15, 0.2) is 0 Å². The Morgan fingerprint density at radius 2 is 1.79 bits per heavy atom. The van der Waals surface area contributed by atoms with Gasteiger partial charge in [0.25, 0.3) is 5.56 Å². The van der Waals surface area contributed by atoms with Gasteiger partial charge in [0.05, 0.1) is 5.92 Å². The van der Waals surface area contributed by atoms with E-state index in [1.807, 2.05) is 4.90 Å². The molecule has 1 aromatic heterocycles. The number of piperidine rings is 1.